The average Bonchev–Trinajstić information content (AvgIpc) is 2.41. The molecule has 0 spiro atoms. The second kappa shape index (κ2) is 7.01. The Morgan fingerprint density at radius 3 is 2.89 bits per heavy atom. The smallest absolute Gasteiger partial charge is 0.0573 e. The van der Waals surface area contributed by atoms with Crippen LogP contribution in [0.5, 0.6) is 0 Å². The first-order valence-corrected chi connectivity index (χ1v) is 7.54. The molecule has 1 unspecified atom stereocenters. The molecule has 0 amide bonds. The molecule has 0 radical (unpaired) electrons. The summed E-state index contributed by atoms with van der Waals surface area (Å²) < 4.78 is 0. The Kier molecular flexibility index (Phi) is 5.34. The molecule has 3 heteroatoms. The lowest BCUT2D eigenvalue weighted by atomic mass is 10.0. The molecule has 0 saturated carbocycles. The van der Waals surface area contributed by atoms with Crippen LogP contribution in [0.1, 0.15) is 44.4 Å². The van der Waals surface area contributed by atoms with Gasteiger partial charge in [-0.05, 0) is 51.8 Å². The predicted octanol–water partition coefficient (Wildman–Crippen LogP) is 2.74. The summed E-state index contributed by atoms with van der Waals surface area (Å²) in [7, 11) is 0. The fraction of sp³-hybridized carbons (Fsp3) is 0.688. The van der Waals surface area contributed by atoms with Gasteiger partial charge in [-0.25, -0.2) is 0 Å². The first-order valence-electron chi connectivity index (χ1n) is 7.54. The highest BCUT2D eigenvalue weighted by Gasteiger charge is 2.19. The zero-order valence-corrected chi connectivity index (χ0v) is 12.5. The summed E-state index contributed by atoms with van der Waals surface area (Å²) in [6, 6.07) is 5.38. The normalized spacial score (nSPS) is 20.2. The minimum atomic E-state index is 0.560. The van der Waals surface area contributed by atoms with E-state index >= 15 is 0 Å². The molecule has 1 aliphatic heterocycles. The third-order valence-corrected chi connectivity index (χ3v) is 4.07. The number of rotatable bonds is 5. The van der Waals surface area contributed by atoms with Crippen molar-refractivity contribution in [3.05, 3.63) is 29.6 Å². The Hall–Kier alpha value is -0.930. The number of hydrogen-bond donors (Lipinski definition) is 1. The Morgan fingerprint density at radius 2 is 2.26 bits per heavy atom. The van der Waals surface area contributed by atoms with E-state index in [9.17, 15) is 0 Å². The molecule has 3 nitrogen and oxygen atoms in total. The van der Waals surface area contributed by atoms with Crippen LogP contribution in [0.4, 0.5) is 0 Å². The van der Waals surface area contributed by atoms with Gasteiger partial charge in [0.05, 0.1) is 5.69 Å². The van der Waals surface area contributed by atoms with E-state index in [0.717, 1.165) is 13.1 Å². The van der Waals surface area contributed by atoms with Gasteiger partial charge in [0.1, 0.15) is 0 Å². The number of nitrogens with one attached hydrogen (secondary N) is 1. The van der Waals surface area contributed by atoms with Crippen LogP contribution in [0.25, 0.3) is 0 Å². The van der Waals surface area contributed by atoms with E-state index in [2.05, 4.69) is 42.0 Å². The summed E-state index contributed by atoms with van der Waals surface area (Å²) in [5, 5.41) is 3.64. The maximum atomic E-state index is 4.53. The fourth-order valence-corrected chi connectivity index (χ4v) is 2.70. The number of aromatic nitrogens is 1. The standard InChI is InChI=1S/C16H27N3/c1-13(2)19(11-15-8-4-5-9-17-15)12-16-14(3)7-6-10-18-16/h6-7,10,13,15,17H,4-5,8-9,11-12H2,1-3H3. The maximum absolute atomic E-state index is 4.53. The second-order valence-corrected chi connectivity index (χ2v) is 5.94. The first kappa shape index (κ1) is 14.5. The van der Waals surface area contributed by atoms with E-state index in [1.54, 1.807) is 0 Å². The lowest BCUT2D eigenvalue weighted by Gasteiger charge is -2.33. The third kappa shape index (κ3) is 4.29. The Labute approximate surface area is 117 Å². The van der Waals surface area contributed by atoms with Crippen molar-refractivity contribution in [3.63, 3.8) is 0 Å². The fourth-order valence-electron chi connectivity index (χ4n) is 2.70. The van der Waals surface area contributed by atoms with Gasteiger partial charge in [0.25, 0.3) is 0 Å². The van der Waals surface area contributed by atoms with Crippen molar-refractivity contribution in [2.75, 3.05) is 13.1 Å². The largest absolute Gasteiger partial charge is 0.313 e. The van der Waals surface area contributed by atoms with E-state index < -0.39 is 0 Å². The summed E-state index contributed by atoms with van der Waals surface area (Å²) in [5.74, 6) is 0. The van der Waals surface area contributed by atoms with Crippen molar-refractivity contribution >= 4 is 0 Å². The molecule has 1 N–H and O–H groups in total. The van der Waals surface area contributed by atoms with Gasteiger partial charge in [-0.3, -0.25) is 9.88 Å². The highest BCUT2D eigenvalue weighted by molar-refractivity contribution is 5.17. The highest BCUT2D eigenvalue weighted by Crippen LogP contribution is 2.14. The van der Waals surface area contributed by atoms with Gasteiger partial charge in [0, 0.05) is 31.4 Å². The molecular formula is C16H27N3. The summed E-state index contributed by atoms with van der Waals surface area (Å²) in [6.45, 7) is 9.98. The Morgan fingerprint density at radius 1 is 1.42 bits per heavy atom. The average molecular weight is 261 g/mol. The van der Waals surface area contributed by atoms with Crippen LogP contribution in [0, 0.1) is 6.92 Å². The molecule has 1 aromatic rings. The summed E-state index contributed by atoms with van der Waals surface area (Å²) in [4.78, 5) is 7.07. The molecule has 1 fully saturated rings. The lowest BCUT2D eigenvalue weighted by molar-refractivity contribution is 0.175. The maximum Gasteiger partial charge on any atom is 0.0573 e. The molecule has 1 atom stereocenters. The van der Waals surface area contributed by atoms with Crippen molar-refractivity contribution in [1.29, 1.82) is 0 Å². The number of pyridine rings is 1. The molecule has 2 heterocycles. The summed E-state index contributed by atoms with van der Waals surface area (Å²) in [5.41, 5.74) is 2.51. The van der Waals surface area contributed by atoms with Crippen molar-refractivity contribution in [2.24, 2.45) is 0 Å². The van der Waals surface area contributed by atoms with Gasteiger partial charge in [0.15, 0.2) is 0 Å². The molecule has 1 saturated heterocycles. The number of aryl methyl sites for hydroxylation is 1. The SMILES string of the molecule is Cc1cccnc1CN(CC1CCCCN1)C(C)C. The van der Waals surface area contributed by atoms with Crippen LogP contribution in [0.15, 0.2) is 18.3 Å². The highest BCUT2D eigenvalue weighted by atomic mass is 15.2. The van der Waals surface area contributed by atoms with Crippen molar-refractivity contribution in [1.82, 2.24) is 15.2 Å². The van der Waals surface area contributed by atoms with Gasteiger partial charge in [-0.1, -0.05) is 12.5 Å². The molecule has 1 aromatic heterocycles. The lowest BCUT2D eigenvalue weighted by Crippen LogP contribution is -2.45. The zero-order chi connectivity index (χ0) is 13.7. The van der Waals surface area contributed by atoms with Gasteiger partial charge in [-0.15, -0.1) is 0 Å². The number of piperidine rings is 1. The van der Waals surface area contributed by atoms with Crippen LogP contribution in [0.2, 0.25) is 0 Å². The zero-order valence-electron chi connectivity index (χ0n) is 12.5. The van der Waals surface area contributed by atoms with E-state index in [-0.39, 0.29) is 0 Å². The van der Waals surface area contributed by atoms with E-state index in [1.165, 1.54) is 37.1 Å². The van der Waals surface area contributed by atoms with Crippen LogP contribution in [-0.2, 0) is 6.54 Å². The van der Waals surface area contributed by atoms with E-state index in [0.29, 0.717) is 12.1 Å². The van der Waals surface area contributed by atoms with Crippen molar-refractivity contribution < 1.29 is 0 Å². The molecule has 1 aliphatic rings. The number of nitrogens with zero attached hydrogens (tertiary/aromatic N) is 2. The van der Waals surface area contributed by atoms with Gasteiger partial charge in [-0.2, -0.15) is 0 Å². The van der Waals surface area contributed by atoms with E-state index in [1.807, 2.05) is 12.3 Å². The van der Waals surface area contributed by atoms with Gasteiger partial charge in [0.2, 0.25) is 0 Å². The predicted molar refractivity (Wildman–Crippen MR) is 80.2 cm³/mol. The van der Waals surface area contributed by atoms with Gasteiger partial charge < -0.3 is 5.32 Å². The van der Waals surface area contributed by atoms with Crippen LogP contribution >= 0.6 is 0 Å². The van der Waals surface area contributed by atoms with Crippen LogP contribution in [-0.4, -0.2) is 35.1 Å². The topological polar surface area (TPSA) is 28.2 Å². The van der Waals surface area contributed by atoms with Crippen molar-refractivity contribution in [3.8, 4) is 0 Å². The minimum absolute atomic E-state index is 0.560. The molecular weight excluding hydrogens is 234 g/mol. The quantitative estimate of drug-likeness (QED) is 0.883. The molecule has 19 heavy (non-hydrogen) atoms. The number of hydrogen-bond acceptors (Lipinski definition) is 3. The molecule has 0 bridgehead atoms. The van der Waals surface area contributed by atoms with Crippen molar-refractivity contribution in [2.45, 2.75) is 58.7 Å². The Balaban J connectivity index is 1.97. The summed E-state index contributed by atoms with van der Waals surface area (Å²) in [6.07, 6.45) is 5.91. The van der Waals surface area contributed by atoms with Gasteiger partial charge >= 0.3 is 0 Å². The molecule has 0 aliphatic carbocycles. The van der Waals surface area contributed by atoms with Crippen LogP contribution in [0.3, 0.4) is 0 Å². The third-order valence-electron chi connectivity index (χ3n) is 4.07. The molecule has 0 aromatic carbocycles. The summed E-state index contributed by atoms with van der Waals surface area (Å²) >= 11 is 0. The molecule has 2 rings (SSSR count). The Bertz CT molecular complexity index is 383. The molecule has 106 valence electrons. The van der Waals surface area contributed by atoms with Crippen LogP contribution < -0.4 is 5.32 Å². The second-order valence-electron chi connectivity index (χ2n) is 5.94. The first-order chi connectivity index (χ1) is 9.16. The minimum Gasteiger partial charge on any atom is -0.313 e. The monoisotopic (exact) mass is 261 g/mol. The van der Waals surface area contributed by atoms with E-state index in [4.69, 9.17) is 0 Å².